The van der Waals surface area contributed by atoms with Crippen LogP contribution in [0.25, 0.3) is 11.3 Å². The summed E-state index contributed by atoms with van der Waals surface area (Å²) in [5, 5.41) is 22.2. The Kier molecular flexibility index (Phi) is 4.04. The minimum Gasteiger partial charge on any atom is -0.338 e. The molecule has 2 aromatic rings. The van der Waals surface area contributed by atoms with Crippen molar-refractivity contribution in [2.45, 2.75) is 6.04 Å². The van der Waals surface area contributed by atoms with Crippen LogP contribution in [0, 0.1) is 22.8 Å². The number of benzene rings is 1. The third-order valence-electron chi connectivity index (χ3n) is 4.85. The van der Waals surface area contributed by atoms with E-state index < -0.39 is 0 Å². The number of nitrogens with zero attached hydrogens (tertiary/aromatic N) is 6. The summed E-state index contributed by atoms with van der Waals surface area (Å²) < 4.78 is 5.41. The molecule has 0 N–H and O–H groups in total. The molecule has 0 saturated carbocycles. The number of aromatic nitrogens is 1. The van der Waals surface area contributed by atoms with Crippen molar-refractivity contribution < 1.29 is 9.32 Å². The second kappa shape index (κ2) is 6.51. The van der Waals surface area contributed by atoms with Crippen LogP contribution in [0.3, 0.4) is 0 Å². The Balaban J connectivity index is 1.57. The fourth-order valence-electron chi connectivity index (χ4n) is 3.43. The fraction of sp³-hybridized carbons (Fsp3) is 0.333. The number of rotatable bonds is 2. The van der Waals surface area contributed by atoms with Crippen LogP contribution < -0.4 is 4.90 Å². The lowest BCUT2D eigenvalue weighted by molar-refractivity contribution is -0.128. The molecule has 1 aromatic carbocycles. The number of nitriles is 2. The molecule has 2 aliphatic heterocycles. The zero-order chi connectivity index (χ0) is 18.1. The maximum atomic E-state index is 12.9. The number of hydrogen-bond acceptors (Lipinski definition) is 7. The fourth-order valence-corrected chi connectivity index (χ4v) is 3.43. The van der Waals surface area contributed by atoms with Crippen LogP contribution in [0.1, 0.15) is 5.56 Å². The third-order valence-corrected chi connectivity index (χ3v) is 4.85. The second-order valence-corrected chi connectivity index (χ2v) is 6.33. The molecule has 2 fully saturated rings. The Morgan fingerprint density at radius 3 is 2.81 bits per heavy atom. The van der Waals surface area contributed by atoms with Crippen molar-refractivity contribution >= 4 is 11.8 Å². The molecule has 0 aliphatic carbocycles. The van der Waals surface area contributed by atoms with Gasteiger partial charge in [0.25, 0.3) is 0 Å². The van der Waals surface area contributed by atoms with Gasteiger partial charge in [0, 0.05) is 37.8 Å². The van der Waals surface area contributed by atoms with Gasteiger partial charge in [0.2, 0.25) is 11.8 Å². The van der Waals surface area contributed by atoms with E-state index in [-0.39, 0.29) is 11.9 Å². The summed E-state index contributed by atoms with van der Waals surface area (Å²) in [5.74, 6) is 0.311. The average molecular weight is 348 g/mol. The van der Waals surface area contributed by atoms with Crippen LogP contribution in [0.15, 0.2) is 34.9 Å². The molecule has 0 radical (unpaired) electrons. The largest absolute Gasteiger partial charge is 0.338 e. The van der Waals surface area contributed by atoms with Crippen molar-refractivity contribution in [1.82, 2.24) is 15.0 Å². The molecule has 130 valence electrons. The quantitative estimate of drug-likeness (QED) is 0.747. The van der Waals surface area contributed by atoms with Crippen molar-refractivity contribution in [1.29, 1.82) is 10.5 Å². The Morgan fingerprint density at radius 1 is 1.15 bits per heavy atom. The summed E-state index contributed by atoms with van der Waals surface area (Å²) >= 11 is 0. The highest BCUT2D eigenvalue weighted by molar-refractivity contribution is 5.97. The summed E-state index contributed by atoms with van der Waals surface area (Å²) in [6, 6.07) is 10.5. The van der Waals surface area contributed by atoms with Gasteiger partial charge in [0.1, 0.15) is 11.7 Å². The Morgan fingerprint density at radius 2 is 2.00 bits per heavy atom. The van der Waals surface area contributed by atoms with E-state index in [1.807, 2.05) is 6.07 Å². The zero-order valence-corrected chi connectivity index (χ0v) is 14.0. The summed E-state index contributed by atoms with van der Waals surface area (Å²) in [6.45, 7) is 3.02. The Labute approximate surface area is 150 Å². The molecule has 1 atom stereocenters. The van der Waals surface area contributed by atoms with Crippen molar-refractivity contribution in [2.24, 2.45) is 0 Å². The minimum absolute atomic E-state index is 0.0790. The maximum Gasteiger partial charge on any atom is 0.248 e. The number of carbonyl (C=O) groups is 1. The van der Waals surface area contributed by atoms with Crippen molar-refractivity contribution in [3.8, 4) is 23.5 Å². The average Bonchev–Trinajstić information content (AvgIpc) is 3.18. The molecule has 0 bridgehead atoms. The molecule has 1 amide bonds. The van der Waals surface area contributed by atoms with Gasteiger partial charge < -0.3 is 9.42 Å². The number of fused-ring (bicyclic) bond motifs is 1. The lowest BCUT2D eigenvalue weighted by Crippen LogP contribution is -2.64. The van der Waals surface area contributed by atoms with Gasteiger partial charge in [-0.2, -0.15) is 10.5 Å². The number of piperazine rings is 2. The second-order valence-electron chi connectivity index (χ2n) is 6.33. The normalized spacial score (nSPS) is 20.4. The van der Waals surface area contributed by atoms with Gasteiger partial charge in [-0.15, -0.1) is 0 Å². The number of amides is 1. The SMILES string of the molecule is N#Cc1cccc(-c2cc(N3CCN4CCN(C#N)C[C@H]4C3=O)on2)c1. The monoisotopic (exact) mass is 348 g/mol. The van der Waals surface area contributed by atoms with E-state index in [0.29, 0.717) is 43.3 Å². The standard InChI is InChI=1S/C18H16N6O2/c19-10-13-2-1-3-14(8-13)15-9-17(26-21-15)24-7-6-23-5-4-22(12-20)11-16(23)18(24)25/h1-3,8-9,16H,4-7,11H2/t16-/m0/s1. The number of hydrogen-bond donors (Lipinski definition) is 0. The first kappa shape index (κ1) is 16.1. The first-order valence-corrected chi connectivity index (χ1v) is 8.37. The van der Waals surface area contributed by atoms with Crippen LogP contribution in [0.5, 0.6) is 0 Å². The van der Waals surface area contributed by atoms with Crippen LogP contribution in [-0.4, -0.2) is 59.6 Å². The summed E-state index contributed by atoms with van der Waals surface area (Å²) in [6.07, 6.45) is 2.12. The summed E-state index contributed by atoms with van der Waals surface area (Å²) in [5.41, 5.74) is 1.88. The molecule has 0 spiro atoms. The van der Waals surface area contributed by atoms with E-state index in [0.717, 1.165) is 12.1 Å². The minimum atomic E-state index is -0.340. The van der Waals surface area contributed by atoms with Crippen LogP contribution in [-0.2, 0) is 4.79 Å². The van der Waals surface area contributed by atoms with Crippen LogP contribution >= 0.6 is 0 Å². The van der Waals surface area contributed by atoms with Gasteiger partial charge in [-0.25, -0.2) is 0 Å². The van der Waals surface area contributed by atoms with Crippen LogP contribution in [0.2, 0.25) is 0 Å². The van der Waals surface area contributed by atoms with Crippen molar-refractivity contribution in [3.63, 3.8) is 0 Å². The first-order chi connectivity index (χ1) is 12.7. The highest BCUT2D eigenvalue weighted by Gasteiger charge is 2.40. The molecule has 8 nitrogen and oxygen atoms in total. The summed E-state index contributed by atoms with van der Waals surface area (Å²) in [4.78, 5) is 18.2. The van der Waals surface area contributed by atoms with Crippen molar-refractivity contribution in [2.75, 3.05) is 37.6 Å². The molecule has 1 aromatic heterocycles. The predicted octanol–water partition coefficient (Wildman–Crippen LogP) is 1.03. The molecular formula is C18H16N6O2. The number of anilines is 1. The molecule has 2 saturated heterocycles. The van der Waals surface area contributed by atoms with E-state index >= 15 is 0 Å². The van der Waals surface area contributed by atoms with Gasteiger partial charge in [-0.3, -0.25) is 14.6 Å². The highest BCUT2D eigenvalue weighted by Crippen LogP contribution is 2.28. The lowest BCUT2D eigenvalue weighted by atomic mass is 10.1. The molecular weight excluding hydrogens is 332 g/mol. The van der Waals surface area contributed by atoms with E-state index in [9.17, 15) is 4.79 Å². The van der Waals surface area contributed by atoms with E-state index in [4.69, 9.17) is 15.0 Å². The zero-order valence-electron chi connectivity index (χ0n) is 14.0. The van der Waals surface area contributed by atoms with Gasteiger partial charge in [-0.1, -0.05) is 17.3 Å². The number of carbonyl (C=O) groups excluding carboxylic acids is 1. The Hall–Kier alpha value is -3.36. The first-order valence-electron chi connectivity index (χ1n) is 8.37. The third kappa shape index (κ3) is 2.77. The van der Waals surface area contributed by atoms with Crippen LogP contribution in [0.4, 0.5) is 5.88 Å². The molecule has 2 aliphatic rings. The summed E-state index contributed by atoms with van der Waals surface area (Å²) in [7, 11) is 0. The predicted molar refractivity (Wildman–Crippen MR) is 91.6 cm³/mol. The van der Waals surface area contributed by atoms with Crippen molar-refractivity contribution in [3.05, 3.63) is 35.9 Å². The van der Waals surface area contributed by atoms with Gasteiger partial charge in [-0.05, 0) is 12.1 Å². The Bertz CT molecular complexity index is 924. The van der Waals surface area contributed by atoms with E-state index in [1.54, 1.807) is 34.1 Å². The molecule has 0 unspecified atom stereocenters. The topological polar surface area (TPSA) is 100 Å². The van der Waals surface area contributed by atoms with Gasteiger partial charge in [0.05, 0.1) is 18.2 Å². The molecule has 4 rings (SSSR count). The molecule has 26 heavy (non-hydrogen) atoms. The molecule has 3 heterocycles. The highest BCUT2D eigenvalue weighted by atomic mass is 16.5. The van der Waals surface area contributed by atoms with E-state index in [1.165, 1.54) is 0 Å². The van der Waals surface area contributed by atoms with E-state index in [2.05, 4.69) is 22.3 Å². The lowest BCUT2D eigenvalue weighted by Gasteiger charge is -2.44. The smallest absolute Gasteiger partial charge is 0.248 e. The van der Waals surface area contributed by atoms with Gasteiger partial charge >= 0.3 is 0 Å². The molecule has 8 heteroatoms. The van der Waals surface area contributed by atoms with Gasteiger partial charge in [0.15, 0.2) is 6.19 Å². The maximum absolute atomic E-state index is 12.9.